The molecule has 1 saturated carbocycles. The van der Waals surface area contributed by atoms with E-state index >= 15 is 0 Å². The number of rotatable bonds is 4. The van der Waals surface area contributed by atoms with Crippen LogP contribution in [-0.4, -0.2) is 22.5 Å². The highest BCUT2D eigenvalue weighted by Crippen LogP contribution is 2.40. The molecule has 1 aromatic rings. The minimum atomic E-state index is -1.13. The summed E-state index contributed by atoms with van der Waals surface area (Å²) in [5, 5.41) is 15.5. The number of carboxylic acids is 1. The molecule has 2 rings (SSSR count). The highest BCUT2D eigenvalue weighted by molar-refractivity contribution is 7.08. The molecular formula is C12H15NO3S. The van der Waals surface area contributed by atoms with Gasteiger partial charge in [-0.25, -0.2) is 4.79 Å². The molecule has 0 bridgehead atoms. The van der Waals surface area contributed by atoms with Gasteiger partial charge in [-0.05, 0) is 43.6 Å². The van der Waals surface area contributed by atoms with Crippen molar-refractivity contribution >= 4 is 23.2 Å². The maximum absolute atomic E-state index is 12.0. The third-order valence-corrected chi connectivity index (χ3v) is 4.17. The van der Waals surface area contributed by atoms with E-state index in [1.807, 2.05) is 12.3 Å². The Morgan fingerprint density at radius 2 is 2.12 bits per heavy atom. The Balaban J connectivity index is 2.17. The predicted octanol–water partition coefficient (Wildman–Crippen LogP) is 2.04. The van der Waals surface area contributed by atoms with Gasteiger partial charge in [0.2, 0.25) is 0 Å². The van der Waals surface area contributed by atoms with Crippen LogP contribution in [0, 0.1) is 12.8 Å². The maximum Gasteiger partial charge on any atom is 0.329 e. The molecule has 0 radical (unpaired) electrons. The summed E-state index contributed by atoms with van der Waals surface area (Å²) in [6.45, 7) is 3.44. The molecule has 1 heterocycles. The van der Waals surface area contributed by atoms with Gasteiger partial charge in [0, 0.05) is 5.38 Å². The van der Waals surface area contributed by atoms with E-state index < -0.39 is 11.5 Å². The number of hydrogen-bond donors (Lipinski definition) is 2. The van der Waals surface area contributed by atoms with Gasteiger partial charge < -0.3 is 10.4 Å². The average molecular weight is 253 g/mol. The molecule has 0 spiro atoms. The highest BCUT2D eigenvalue weighted by atomic mass is 32.1. The van der Waals surface area contributed by atoms with Gasteiger partial charge in [0.05, 0.1) is 5.56 Å². The van der Waals surface area contributed by atoms with E-state index in [1.54, 1.807) is 12.3 Å². The Bertz CT molecular complexity index is 464. The number of aliphatic carboxylic acids is 1. The summed E-state index contributed by atoms with van der Waals surface area (Å²) in [6, 6.07) is 0. The van der Waals surface area contributed by atoms with Crippen LogP contribution < -0.4 is 5.32 Å². The molecule has 1 fully saturated rings. The fourth-order valence-corrected chi connectivity index (χ4v) is 2.72. The van der Waals surface area contributed by atoms with Crippen molar-refractivity contribution in [1.82, 2.24) is 5.32 Å². The second kappa shape index (κ2) is 4.14. The maximum atomic E-state index is 12.0. The number of carbonyl (C=O) groups excluding carboxylic acids is 1. The van der Waals surface area contributed by atoms with Crippen LogP contribution in [0.3, 0.4) is 0 Å². The Hall–Kier alpha value is -1.36. The summed E-state index contributed by atoms with van der Waals surface area (Å²) in [4.78, 5) is 23.3. The first-order valence-corrected chi connectivity index (χ1v) is 6.48. The third kappa shape index (κ3) is 2.20. The van der Waals surface area contributed by atoms with Gasteiger partial charge in [0.25, 0.3) is 5.91 Å². The molecule has 4 nitrogen and oxygen atoms in total. The van der Waals surface area contributed by atoms with Crippen LogP contribution >= 0.6 is 11.3 Å². The van der Waals surface area contributed by atoms with Crippen molar-refractivity contribution in [2.75, 3.05) is 0 Å². The molecule has 5 heteroatoms. The standard InChI is InChI=1S/C12H15NO3S/c1-7-5-17-6-9(7)10(14)13-12(2,11(15)16)8-3-4-8/h5-6,8H,3-4H2,1-2H3,(H,13,14)(H,15,16). The van der Waals surface area contributed by atoms with Crippen LogP contribution in [0.1, 0.15) is 35.7 Å². The minimum Gasteiger partial charge on any atom is -0.480 e. The molecule has 0 aromatic carbocycles. The van der Waals surface area contributed by atoms with E-state index in [1.165, 1.54) is 11.3 Å². The second-order valence-corrected chi connectivity index (χ2v) is 5.45. The lowest BCUT2D eigenvalue weighted by atomic mass is 9.95. The van der Waals surface area contributed by atoms with Crippen molar-refractivity contribution < 1.29 is 14.7 Å². The molecule has 17 heavy (non-hydrogen) atoms. The van der Waals surface area contributed by atoms with Crippen LogP contribution in [0.2, 0.25) is 0 Å². The smallest absolute Gasteiger partial charge is 0.329 e. The van der Waals surface area contributed by atoms with Crippen molar-refractivity contribution in [3.8, 4) is 0 Å². The lowest BCUT2D eigenvalue weighted by Gasteiger charge is -2.26. The summed E-state index contributed by atoms with van der Waals surface area (Å²) >= 11 is 1.44. The number of amides is 1. The van der Waals surface area contributed by atoms with Crippen molar-refractivity contribution in [2.45, 2.75) is 32.2 Å². The van der Waals surface area contributed by atoms with Gasteiger partial charge in [0.1, 0.15) is 5.54 Å². The first kappa shape index (κ1) is 12.1. The Morgan fingerprint density at radius 3 is 2.53 bits per heavy atom. The molecule has 1 unspecified atom stereocenters. The average Bonchev–Trinajstić information content (AvgIpc) is 3.01. The molecule has 1 aliphatic rings. The molecule has 0 aliphatic heterocycles. The number of aryl methyl sites for hydroxylation is 1. The normalized spacial score (nSPS) is 18.5. The summed E-state index contributed by atoms with van der Waals surface area (Å²) in [5.74, 6) is -1.19. The fourth-order valence-electron chi connectivity index (χ4n) is 1.89. The minimum absolute atomic E-state index is 0.0582. The third-order valence-electron chi connectivity index (χ3n) is 3.31. The van der Waals surface area contributed by atoms with Crippen molar-refractivity contribution in [3.63, 3.8) is 0 Å². The van der Waals surface area contributed by atoms with E-state index in [-0.39, 0.29) is 11.8 Å². The Labute approximate surface area is 104 Å². The van der Waals surface area contributed by atoms with Crippen molar-refractivity contribution in [3.05, 3.63) is 21.9 Å². The van der Waals surface area contributed by atoms with Crippen LogP contribution in [0.5, 0.6) is 0 Å². The van der Waals surface area contributed by atoms with Crippen LogP contribution in [0.25, 0.3) is 0 Å². The van der Waals surface area contributed by atoms with Gasteiger partial charge in [-0.2, -0.15) is 11.3 Å². The lowest BCUT2D eigenvalue weighted by molar-refractivity contribution is -0.144. The zero-order chi connectivity index (χ0) is 12.6. The zero-order valence-corrected chi connectivity index (χ0v) is 10.6. The molecule has 1 amide bonds. The molecule has 92 valence electrons. The topological polar surface area (TPSA) is 66.4 Å². The summed E-state index contributed by atoms with van der Waals surface area (Å²) < 4.78 is 0. The van der Waals surface area contributed by atoms with E-state index in [2.05, 4.69) is 5.32 Å². The van der Waals surface area contributed by atoms with Gasteiger partial charge >= 0.3 is 5.97 Å². The van der Waals surface area contributed by atoms with Gasteiger partial charge in [-0.1, -0.05) is 0 Å². The molecule has 0 saturated heterocycles. The van der Waals surface area contributed by atoms with Crippen LogP contribution in [0.4, 0.5) is 0 Å². The van der Waals surface area contributed by atoms with E-state index in [0.717, 1.165) is 18.4 Å². The van der Waals surface area contributed by atoms with Crippen LogP contribution in [-0.2, 0) is 4.79 Å². The number of carboxylic acid groups (broad SMARTS) is 1. The van der Waals surface area contributed by atoms with E-state index in [9.17, 15) is 14.7 Å². The number of nitrogens with one attached hydrogen (secondary N) is 1. The van der Waals surface area contributed by atoms with Crippen molar-refractivity contribution in [2.24, 2.45) is 5.92 Å². The molecule has 1 aliphatic carbocycles. The number of carbonyl (C=O) groups is 2. The highest BCUT2D eigenvalue weighted by Gasteiger charge is 2.48. The quantitative estimate of drug-likeness (QED) is 0.863. The molecule has 1 aromatic heterocycles. The van der Waals surface area contributed by atoms with E-state index in [0.29, 0.717) is 5.56 Å². The lowest BCUT2D eigenvalue weighted by Crippen LogP contribution is -2.54. The van der Waals surface area contributed by atoms with Gasteiger partial charge in [0.15, 0.2) is 0 Å². The molecule has 2 N–H and O–H groups in total. The van der Waals surface area contributed by atoms with Gasteiger partial charge in [-0.15, -0.1) is 0 Å². The summed E-state index contributed by atoms with van der Waals surface area (Å²) in [5.41, 5.74) is 0.324. The fraction of sp³-hybridized carbons (Fsp3) is 0.500. The summed E-state index contributed by atoms with van der Waals surface area (Å²) in [7, 11) is 0. The van der Waals surface area contributed by atoms with Crippen LogP contribution in [0.15, 0.2) is 10.8 Å². The Morgan fingerprint density at radius 1 is 1.47 bits per heavy atom. The monoisotopic (exact) mass is 253 g/mol. The Kier molecular flexibility index (Phi) is 2.95. The van der Waals surface area contributed by atoms with Gasteiger partial charge in [-0.3, -0.25) is 4.79 Å². The number of thiophene rings is 1. The number of hydrogen-bond acceptors (Lipinski definition) is 3. The predicted molar refractivity (Wildman–Crippen MR) is 65.3 cm³/mol. The molecule has 1 atom stereocenters. The summed E-state index contributed by atoms with van der Waals surface area (Å²) in [6.07, 6.45) is 1.73. The zero-order valence-electron chi connectivity index (χ0n) is 9.82. The second-order valence-electron chi connectivity index (χ2n) is 4.70. The molecular weight excluding hydrogens is 238 g/mol. The SMILES string of the molecule is Cc1cscc1C(=O)NC(C)(C(=O)O)C1CC1. The first-order chi connectivity index (χ1) is 7.95. The van der Waals surface area contributed by atoms with Crippen molar-refractivity contribution in [1.29, 1.82) is 0 Å². The first-order valence-electron chi connectivity index (χ1n) is 5.54. The van der Waals surface area contributed by atoms with E-state index in [4.69, 9.17) is 0 Å². The largest absolute Gasteiger partial charge is 0.480 e.